The van der Waals surface area contributed by atoms with Crippen LogP contribution in [0.4, 0.5) is 18.9 Å². The van der Waals surface area contributed by atoms with Crippen molar-refractivity contribution >= 4 is 5.69 Å². The van der Waals surface area contributed by atoms with E-state index in [2.05, 4.69) is 9.94 Å². The van der Waals surface area contributed by atoms with Gasteiger partial charge in [-0.05, 0) is 29.8 Å². The molecule has 0 aliphatic carbocycles. The van der Waals surface area contributed by atoms with E-state index in [4.69, 9.17) is 6.57 Å². The SMILES string of the molecule is [C-]#[N+]c1cnn(-c2ccccc2)c1-c1ccc(C(F)(F)F)cc1. The first-order chi connectivity index (χ1) is 11.0. The predicted molar refractivity (Wildman–Crippen MR) is 80.3 cm³/mol. The van der Waals surface area contributed by atoms with Crippen LogP contribution in [0.1, 0.15) is 5.56 Å². The molecule has 0 aliphatic rings. The number of benzene rings is 2. The molecule has 2 aromatic carbocycles. The van der Waals surface area contributed by atoms with Gasteiger partial charge in [0.15, 0.2) is 0 Å². The fraction of sp³-hybridized carbons (Fsp3) is 0.0588. The summed E-state index contributed by atoms with van der Waals surface area (Å²) in [6.07, 6.45) is -2.98. The van der Waals surface area contributed by atoms with Crippen molar-refractivity contribution in [3.05, 3.63) is 77.8 Å². The molecule has 0 bridgehead atoms. The van der Waals surface area contributed by atoms with Crippen molar-refractivity contribution in [2.24, 2.45) is 0 Å². The van der Waals surface area contributed by atoms with E-state index in [-0.39, 0.29) is 5.69 Å². The summed E-state index contributed by atoms with van der Waals surface area (Å²) in [7, 11) is 0. The van der Waals surface area contributed by atoms with Crippen LogP contribution in [0.15, 0.2) is 60.8 Å². The number of halogens is 3. The Balaban J connectivity index is 2.13. The highest BCUT2D eigenvalue weighted by Crippen LogP contribution is 2.35. The molecular weight excluding hydrogens is 303 g/mol. The predicted octanol–water partition coefficient (Wildman–Crippen LogP) is 5.11. The zero-order chi connectivity index (χ0) is 16.4. The summed E-state index contributed by atoms with van der Waals surface area (Å²) in [6.45, 7) is 7.24. The van der Waals surface area contributed by atoms with E-state index in [1.54, 1.807) is 4.68 Å². The van der Waals surface area contributed by atoms with E-state index in [0.29, 0.717) is 11.3 Å². The van der Waals surface area contributed by atoms with E-state index in [9.17, 15) is 13.2 Å². The zero-order valence-electron chi connectivity index (χ0n) is 11.7. The van der Waals surface area contributed by atoms with Gasteiger partial charge in [0.25, 0.3) is 0 Å². The third-order valence-electron chi connectivity index (χ3n) is 3.36. The van der Waals surface area contributed by atoms with Gasteiger partial charge in [-0.1, -0.05) is 30.3 Å². The van der Waals surface area contributed by atoms with E-state index in [1.165, 1.54) is 18.3 Å². The van der Waals surface area contributed by atoms with Crippen molar-refractivity contribution in [1.29, 1.82) is 0 Å². The largest absolute Gasteiger partial charge is 0.416 e. The average molecular weight is 313 g/mol. The van der Waals surface area contributed by atoms with Crippen molar-refractivity contribution in [2.45, 2.75) is 6.18 Å². The molecular formula is C17H10F3N3. The third kappa shape index (κ3) is 2.81. The standard InChI is InChI=1S/C17H10F3N3/c1-21-15-11-22-23(14-5-3-2-4-6-14)16(15)12-7-9-13(10-8-12)17(18,19)20/h2-11H. The van der Waals surface area contributed by atoms with Crippen LogP contribution in [-0.4, -0.2) is 9.78 Å². The first kappa shape index (κ1) is 14.9. The van der Waals surface area contributed by atoms with Crippen LogP contribution in [0, 0.1) is 6.57 Å². The van der Waals surface area contributed by atoms with Gasteiger partial charge in [0.05, 0.1) is 29.7 Å². The summed E-state index contributed by atoms with van der Waals surface area (Å²) in [4.78, 5) is 3.41. The fourth-order valence-electron chi connectivity index (χ4n) is 2.27. The first-order valence-corrected chi connectivity index (χ1v) is 6.69. The van der Waals surface area contributed by atoms with Crippen LogP contribution in [-0.2, 0) is 6.18 Å². The van der Waals surface area contributed by atoms with Crippen molar-refractivity contribution in [3.63, 3.8) is 0 Å². The maximum Gasteiger partial charge on any atom is 0.416 e. The minimum absolute atomic E-state index is 0.286. The second kappa shape index (κ2) is 5.61. The van der Waals surface area contributed by atoms with Crippen LogP contribution in [0.5, 0.6) is 0 Å². The minimum Gasteiger partial charge on any atom is -0.245 e. The topological polar surface area (TPSA) is 22.2 Å². The highest BCUT2D eigenvalue weighted by Gasteiger charge is 2.30. The van der Waals surface area contributed by atoms with Crippen molar-refractivity contribution < 1.29 is 13.2 Å². The van der Waals surface area contributed by atoms with Crippen molar-refractivity contribution in [3.8, 4) is 16.9 Å². The second-order valence-corrected chi connectivity index (χ2v) is 4.81. The van der Waals surface area contributed by atoms with Crippen LogP contribution in [0.3, 0.4) is 0 Å². The molecule has 0 amide bonds. The average Bonchev–Trinajstić information content (AvgIpc) is 2.99. The highest BCUT2D eigenvalue weighted by molar-refractivity contribution is 5.76. The first-order valence-electron chi connectivity index (χ1n) is 6.69. The summed E-state index contributed by atoms with van der Waals surface area (Å²) in [5, 5.41) is 4.19. The molecule has 0 unspecified atom stereocenters. The molecule has 0 aliphatic heterocycles. The molecule has 0 spiro atoms. The van der Waals surface area contributed by atoms with Gasteiger partial charge in [0.1, 0.15) is 0 Å². The Morgan fingerprint density at radius 3 is 2.17 bits per heavy atom. The molecule has 0 saturated heterocycles. The maximum absolute atomic E-state index is 12.7. The quantitative estimate of drug-likeness (QED) is 0.603. The Morgan fingerprint density at radius 1 is 0.957 bits per heavy atom. The van der Waals surface area contributed by atoms with Gasteiger partial charge in [0, 0.05) is 0 Å². The molecule has 0 N–H and O–H groups in total. The molecule has 0 atom stereocenters. The van der Waals surface area contributed by atoms with E-state index < -0.39 is 11.7 Å². The summed E-state index contributed by atoms with van der Waals surface area (Å²) in [5.74, 6) is 0. The number of aromatic nitrogens is 2. The van der Waals surface area contributed by atoms with Crippen LogP contribution in [0.2, 0.25) is 0 Å². The normalized spacial score (nSPS) is 11.2. The Kier molecular flexibility index (Phi) is 3.62. The smallest absolute Gasteiger partial charge is 0.245 e. The van der Waals surface area contributed by atoms with Crippen LogP contribution < -0.4 is 0 Å². The van der Waals surface area contributed by atoms with Crippen LogP contribution >= 0.6 is 0 Å². The lowest BCUT2D eigenvalue weighted by Crippen LogP contribution is -2.04. The van der Waals surface area contributed by atoms with E-state index in [1.807, 2.05) is 30.3 Å². The molecule has 0 fully saturated rings. The molecule has 1 aromatic heterocycles. The lowest BCUT2D eigenvalue weighted by atomic mass is 10.1. The highest BCUT2D eigenvalue weighted by atomic mass is 19.4. The molecule has 23 heavy (non-hydrogen) atoms. The Bertz CT molecular complexity index is 857. The molecule has 3 rings (SSSR count). The number of nitrogens with zero attached hydrogens (tertiary/aromatic N) is 3. The molecule has 0 radical (unpaired) electrons. The van der Waals surface area contributed by atoms with Gasteiger partial charge in [0.2, 0.25) is 5.69 Å². The summed E-state index contributed by atoms with van der Waals surface area (Å²) in [6, 6.07) is 13.8. The van der Waals surface area contributed by atoms with Gasteiger partial charge < -0.3 is 0 Å². The van der Waals surface area contributed by atoms with Crippen molar-refractivity contribution in [2.75, 3.05) is 0 Å². The molecule has 6 heteroatoms. The molecule has 1 heterocycles. The minimum atomic E-state index is -4.39. The summed E-state index contributed by atoms with van der Waals surface area (Å²) >= 11 is 0. The number of para-hydroxylation sites is 1. The summed E-state index contributed by atoms with van der Waals surface area (Å²) < 4.78 is 39.6. The van der Waals surface area contributed by atoms with Crippen LogP contribution in [0.25, 0.3) is 21.8 Å². The second-order valence-electron chi connectivity index (χ2n) is 4.81. The maximum atomic E-state index is 12.7. The summed E-state index contributed by atoms with van der Waals surface area (Å²) in [5.41, 5.74) is 1.27. The number of rotatable bonds is 2. The Labute approximate surface area is 130 Å². The molecule has 0 saturated carbocycles. The fourth-order valence-corrected chi connectivity index (χ4v) is 2.27. The zero-order valence-corrected chi connectivity index (χ0v) is 11.7. The lowest BCUT2D eigenvalue weighted by molar-refractivity contribution is -0.137. The monoisotopic (exact) mass is 313 g/mol. The number of hydrogen-bond donors (Lipinski definition) is 0. The third-order valence-corrected chi connectivity index (χ3v) is 3.36. The van der Waals surface area contributed by atoms with E-state index >= 15 is 0 Å². The Hall–Kier alpha value is -3.07. The number of alkyl halides is 3. The molecule has 114 valence electrons. The van der Waals surface area contributed by atoms with Gasteiger partial charge in [-0.2, -0.15) is 18.3 Å². The van der Waals surface area contributed by atoms with Gasteiger partial charge >= 0.3 is 6.18 Å². The Morgan fingerprint density at radius 2 is 1.61 bits per heavy atom. The van der Waals surface area contributed by atoms with Gasteiger partial charge in [-0.3, -0.25) is 0 Å². The molecule has 3 aromatic rings. The van der Waals surface area contributed by atoms with Gasteiger partial charge in [-0.25, -0.2) is 9.53 Å². The number of hydrogen-bond acceptors (Lipinski definition) is 1. The molecule has 3 nitrogen and oxygen atoms in total. The van der Waals surface area contributed by atoms with Gasteiger partial charge in [-0.15, -0.1) is 0 Å². The van der Waals surface area contributed by atoms with E-state index in [0.717, 1.165) is 17.8 Å². The lowest BCUT2D eigenvalue weighted by Gasteiger charge is -2.10. The van der Waals surface area contributed by atoms with Crippen molar-refractivity contribution in [1.82, 2.24) is 9.78 Å².